The smallest absolute Gasteiger partial charge is 0.406 e. The maximum absolute atomic E-state index is 13.7. The molecule has 10 heteroatoms. The number of rotatable bonds is 6. The van der Waals surface area contributed by atoms with Crippen molar-refractivity contribution in [3.05, 3.63) is 87.9 Å². The van der Waals surface area contributed by atoms with Crippen molar-refractivity contribution < 1.29 is 22.6 Å². The summed E-state index contributed by atoms with van der Waals surface area (Å²) in [6.45, 7) is 2.28. The predicted octanol–water partition coefficient (Wildman–Crippen LogP) is 4.61. The predicted molar refractivity (Wildman–Crippen MR) is 129 cm³/mol. The Hall–Kier alpha value is -4.05. The van der Waals surface area contributed by atoms with Crippen LogP contribution < -0.4 is 20.9 Å². The van der Waals surface area contributed by atoms with Crippen LogP contribution in [0.4, 0.5) is 19.0 Å². The Bertz CT molecular complexity index is 1320. The summed E-state index contributed by atoms with van der Waals surface area (Å²) in [4.78, 5) is 13.7. The van der Waals surface area contributed by atoms with Crippen molar-refractivity contribution in [1.29, 1.82) is 5.41 Å². The number of ether oxygens (including phenoxy) is 2. The highest BCUT2D eigenvalue weighted by molar-refractivity contribution is 6.13. The highest BCUT2D eigenvalue weighted by Crippen LogP contribution is 2.31. The van der Waals surface area contributed by atoms with Gasteiger partial charge in [-0.3, -0.25) is 9.36 Å². The van der Waals surface area contributed by atoms with E-state index in [1.807, 2.05) is 19.1 Å². The number of hydrogen-bond acceptors (Lipinski definition) is 6. The summed E-state index contributed by atoms with van der Waals surface area (Å²) < 4.78 is 48.8. The first-order valence-corrected chi connectivity index (χ1v) is 10.8. The summed E-state index contributed by atoms with van der Waals surface area (Å²) >= 11 is 0. The molecule has 182 valence electrons. The SMILES string of the molecule is CCOC1C=Cc2cc(C3=C/C(=C/NC)C(=N)C=C3)c(=O)n(-c3ccc(OC(F)(F)F)cc3)c2N1. The van der Waals surface area contributed by atoms with Crippen LogP contribution in [0.5, 0.6) is 5.75 Å². The lowest BCUT2D eigenvalue weighted by molar-refractivity contribution is -0.274. The lowest BCUT2D eigenvalue weighted by atomic mass is 9.95. The zero-order valence-electron chi connectivity index (χ0n) is 18.9. The van der Waals surface area contributed by atoms with Crippen LogP contribution in [0.1, 0.15) is 18.1 Å². The molecule has 1 atom stereocenters. The number of alkyl halides is 3. The number of benzene rings is 1. The van der Waals surface area contributed by atoms with Crippen molar-refractivity contribution in [2.24, 2.45) is 0 Å². The van der Waals surface area contributed by atoms with Crippen LogP contribution in [0, 0.1) is 5.41 Å². The van der Waals surface area contributed by atoms with Gasteiger partial charge in [-0.15, -0.1) is 13.2 Å². The monoisotopic (exact) mass is 484 g/mol. The molecule has 1 aliphatic heterocycles. The van der Waals surface area contributed by atoms with E-state index in [1.54, 1.807) is 37.5 Å². The molecule has 1 aromatic carbocycles. The summed E-state index contributed by atoms with van der Waals surface area (Å²) in [5.74, 6) is 0.0564. The van der Waals surface area contributed by atoms with Gasteiger partial charge in [0.1, 0.15) is 17.8 Å². The number of nitrogens with zero attached hydrogens (tertiary/aromatic N) is 1. The fraction of sp³-hybridized carbons (Fsp3) is 0.200. The van der Waals surface area contributed by atoms with Crippen LogP contribution in [0.15, 0.2) is 71.2 Å². The van der Waals surface area contributed by atoms with E-state index in [9.17, 15) is 18.0 Å². The molecule has 2 aliphatic rings. The van der Waals surface area contributed by atoms with E-state index in [0.29, 0.717) is 46.1 Å². The minimum absolute atomic E-state index is 0.294. The Morgan fingerprint density at radius 3 is 2.60 bits per heavy atom. The van der Waals surface area contributed by atoms with Crippen molar-refractivity contribution in [2.75, 3.05) is 19.0 Å². The maximum Gasteiger partial charge on any atom is 0.573 e. The van der Waals surface area contributed by atoms with Gasteiger partial charge in [0.25, 0.3) is 5.56 Å². The molecule has 0 saturated heterocycles. The number of nitrogens with one attached hydrogen (secondary N) is 3. The molecule has 1 aliphatic carbocycles. The lowest BCUT2D eigenvalue weighted by Gasteiger charge is -2.26. The molecule has 0 spiro atoms. The summed E-state index contributed by atoms with van der Waals surface area (Å²) in [5, 5.41) is 14.1. The van der Waals surface area contributed by atoms with Gasteiger partial charge in [-0.25, -0.2) is 0 Å². The molecule has 1 unspecified atom stereocenters. The van der Waals surface area contributed by atoms with Crippen molar-refractivity contribution >= 4 is 23.2 Å². The number of halogens is 3. The van der Waals surface area contributed by atoms with Crippen LogP contribution in [-0.4, -0.2) is 36.5 Å². The molecule has 3 N–H and O–H groups in total. The molecule has 2 aromatic rings. The van der Waals surface area contributed by atoms with E-state index < -0.39 is 18.3 Å². The second kappa shape index (κ2) is 9.67. The average Bonchev–Trinajstić information content (AvgIpc) is 2.80. The molecule has 0 radical (unpaired) electrons. The van der Waals surface area contributed by atoms with Crippen LogP contribution in [-0.2, 0) is 4.74 Å². The topological polar surface area (TPSA) is 88.4 Å². The number of anilines is 1. The second-order valence-electron chi connectivity index (χ2n) is 7.66. The van der Waals surface area contributed by atoms with Gasteiger partial charge in [-0.1, -0.05) is 12.2 Å². The largest absolute Gasteiger partial charge is 0.573 e. The van der Waals surface area contributed by atoms with Crippen molar-refractivity contribution in [2.45, 2.75) is 19.5 Å². The fourth-order valence-corrected chi connectivity index (χ4v) is 3.82. The zero-order chi connectivity index (χ0) is 25.2. The van der Waals surface area contributed by atoms with E-state index in [1.165, 1.54) is 16.7 Å². The average molecular weight is 484 g/mol. The Labute approximate surface area is 199 Å². The van der Waals surface area contributed by atoms with E-state index in [4.69, 9.17) is 10.1 Å². The lowest BCUT2D eigenvalue weighted by Crippen LogP contribution is -2.32. The normalized spacial score (nSPS) is 18.2. The zero-order valence-corrected chi connectivity index (χ0v) is 18.9. The van der Waals surface area contributed by atoms with Gasteiger partial charge in [-0.2, -0.15) is 0 Å². The van der Waals surface area contributed by atoms with Gasteiger partial charge in [0.05, 0.1) is 11.4 Å². The summed E-state index contributed by atoms with van der Waals surface area (Å²) in [6, 6.07) is 6.82. The van der Waals surface area contributed by atoms with Crippen LogP contribution in [0.3, 0.4) is 0 Å². The Kier molecular flexibility index (Phi) is 6.65. The highest BCUT2D eigenvalue weighted by atomic mass is 19.4. The number of fused-ring (bicyclic) bond motifs is 1. The van der Waals surface area contributed by atoms with Gasteiger partial charge in [0.2, 0.25) is 0 Å². The van der Waals surface area contributed by atoms with Crippen molar-refractivity contribution in [1.82, 2.24) is 9.88 Å². The van der Waals surface area contributed by atoms with Gasteiger partial charge < -0.3 is 25.5 Å². The quantitative estimate of drug-likeness (QED) is 0.557. The van der Waals surface area contributed by atoms with E-state index in [-0.39, 0.29) is 5.56 Å². The molecule has 7 nitrogen and oxygen atoms in total. The number of aromatic nitrogens is 1. The third-order valence-corrected chi connectivity index (χ3v) is 5.30. The van der Waals surface area contributed by atoms with E-state index >= 15 is 0 Å². The number of pyridine rings is 1. The van der Waals surface area contributed by atoms with Gasteiger partial charge in [0, 0.05) is 36.6 Å². The molecule has 0 fully saturated rings. The summed E-state index contributed by atoms with van der Waals surface area (Å²) in [5.41, 5.74) is 2.52. The molecule has 0 amide bonds. The summed E-state index contributed by atoms with van der Waals surface area (Å²) in [6.07, 6.45) is 5.03. The molecule has 4 rings (SSSR count). The highest BCUT2D eigenvalue weighted by Gasteiger charge is 2.31. The first kappa shape index (κ1) is 24.1. The molecule has 0 saturated carbocycles. The Morgan fingerprint density at radius 2 is 1.94 bits per heavy atom. The second-order valence-corrected chi connectivity index (χ2v) is 7.66. The molecular formula is C25H23F3N4O3. The van der Waals surface area contributed by atoms with Gasteiger partial charge >= 0.3 is 6.36 Å². The number of hydrogen-bond donors (Lipinski definition) is 3. The van der Waals surface area contributed by atoms with Crippen LogP contribution in [0.2, 0.25) is 0 Å². The molecular weight excluding hydrogens is 461 g/mol. The first-order chi connectivity index (χ1) is 16.7. The molecule has 0 bridgehead atoms. The molecule has 35 heavy (non-hydrogen) atoms. The fourth-order valence-electron chi connectivity index (χ4n) is 3.82. The minimum Gasteiger partial charge on any atom is -0.406 e. The van der Waals surface area contributed by atoms with Crippen LogP contribution >= 0.6 is 0 Å². The van der Waals surface area contributed by atoms with Crippen LogP contribution in [0.25, 0.3) is 17.3 Å². The molecule has 1 aromatic heterocycles. The maximum atomic E-state index is 13.7. The third-order valence-electron chi connectivity index (χ3n) is 5.30. The third kappa shape index (κ3) is 5.22. The van der Waals surface area contributed by atoms with E-state index in [0.717, 1.165) is 12.1 Å². The van der Waals surface area contributed by atoms with Gasteiger partial charge in [0.15, 0.2) is 0 Å². The molecule has 2 heterocycles. The number of allylic oxidation sites excluding steroid dienone is 5. The van der Waals surface area contributed by atoms with E-state index in [2.05, 4.69) is 15.4 Å². The Morgan fingerprint density at radius 1 is 1.20 bits per heavy atom. The van der Waals surface area contributed by atoms with Crippen molar-refractivity contribution in [3.8, 4) is 11.4 Å². The standard InChI is InChI=1S/C25H23F3N4O3/c1-3-34-22-11-5-16-13-20(15-4-10-21(29)17(12-15)14-30-2)24(33)32(23(16)31-22)18-6-8-19(9-7-18)35-25(26,27)28/h4-14,22,29-31H,3H2,1-2H3/b17-14-,29-21?. The minimum atomic E-state index is -4.82. The van der Waals surface area contributed by atoms with Crippen molar-refractivity contribution in [3.63, 3.8) is 0 Å². The van der Waals surface area contributed by atoms with Gasteiger partial charge in [-0.05, 0) is 61.1 Å². The summed E-state index contributed by atoms with van der Waals surface area (Å²) in [7, 11) is 1.72. The Balaban J connectivity index is 1.87. The first-order valence-electron chi connectivity index (χ1n) is 10.8.